The maximum atomic E-state index is 14.2. The van der Waals surface area contributed by atoms with Crippen LogP contribution in [-0.4, -0.2) is 62.2 Å². The van der Waals surface area contributed by atoms with Crippen molar-refractivity contribution in [1.82, 2.24) is 0 Å². The van der Waals surface area contributed by atoms with Gasteiger partial charge in [0.05, 0.1) is 76.8 Å². The van der Waals surface area contributed by atoms with E-state index in [2.05, 4.69) is 18.0 Å². The number of rotatable bonds is 20. The van der Waals surface area contributed by atoms with Crippen LogP contribution in [0.25, 0.3) is 4.85 Å². The second-order valence-corrected chi connectivity index (χ2v) is 23.3. The summed E-state index contributed by atoms with van der Waals surface area (Å²) >= 11 is 2.41. The minimum atomic E-state index is -0.538. The molecular weight excluding hydrogens is 957 g/mol. The maximum absolute atomic E-state index is 14.2. The Labute approximate surface area is 433 Å². The first kappa shape index (κ1) is 56.2. The number of nitrogens with zero attached hydrogens (tertiary/aromatic N) is 2. The molecular formula is C56H72N2O12S2. The maximum Gasteiger partial charge on any atom is 0.330 e. The van der Waals surface area contributed by atoms with Crippen LogP contribution in [-0.2, 0) is 53.1 Å². The second kappa shape index (κ2) is 27.3. The molecule has 0 saturated heterocycles. The van der Waals surface area contributed by atoms with Crippen molar-refractivity contribution >= 4 is 59.3 Å². The molecule has 4 fully saturated rings. The second-order valence-electron chi connectivity index (χ2n) is 21.0. The predicted molar refractivity (Wildman–Crippen MR) is 272 cm³/mol. The minimum Gasteiger partial charge on any atom is -0.465 e. The average Bonchev–Trinajstić information content (AvgIpc) is 3.84. The molecule has 4 saturated carbocycles. The number of thioether (sulfide) groups is 2. The third-order valence-electron chi connectivity index (χ3n) is 15.3. The zero-order valence-electron chi connectivity index (χ0n) is 42.3. The van der Waals surface area contributed by atoms with Crippen LogP contribution in [0.3, 0.4) is 0 Å². The number of allylic oxidation sites excluding steroid dienone is 1. The Morgan fingerprint density at radius 3 is 1.32 bits per heavy atom. The molecule has 0 N–H and O–H groups in total. The third kappa shape index (κ3) is 15.5. The SMILES string of the molecule is [C-]#[N+]/C(C#N)=C1/Sc2c(OC(=O)C3CCC(C4CCC(C(=O)OCCCCOC(=O)C=C)CC4)CC3)cc(C(C)(C)C)c(OC(=O)C3CCC(C4CCC(C(=O)OCCCCOC(=O)C=C)CC4)CC3)c2S1. The molecule has 0 spiro atoms. The quantitative estimate of drug-likeness (QED) is 0.0228. The number of fused-ring (bicyclic) bond motifs is 1. The molecule has 1 heterocycles. The van der Waals surface area contributed by atoms with Gasteiger partial charge in [0, 0.05) is 17.7 Å². The van der Waals surface area contributed by atoms with Crippen LogP contribution in [0.2, 0.25) is 0 Å². The largest absolute Gasteiger partial charge is 0.465 e. The van der Waals surface area contributed by atoms with Gasteiger partial charge in [0.2, 0.25) is 0 Å². The van der Waals surface area contributed by atoms with E-state index in [1.54, 1.807) is 0 Å². The Kier molecular flexibility index (Phi) is 21.3. The lowest BCUT2D eigenvalue weighted by Crippen LogP contribution is -2.32. The first-order valence-electron chi connectivity index (χ1n) is 26.1. The number of esters is 6. The number of unbranched alkanes of at least 4 members (excludes halogenated alkanes) is 2. The Morgan fingerprint density at radius 1 is 0.597 bits per heavy atom. The summed E-state index contributed by atoms with van der Waals surface area (Å²) in [5.74, 6) is -0.0562. The van der Waals surface area contributed by atoms with Gasteiger partial charge in [0.15, 0.2) is 0 Å². The third-order valence-corrected chi connectivity index (χ3v) is 17.9. The van der Waals surface area contributed by atoms with Crippen LogP contribution < -0.4 is 9.47 Å². The van der Waals surface area contributed by atoms with Crippen LogP contribution in [0.15, 0.2) is 51.1 Å². The molecule has 1 aromatic rings. The van der Waals surface area contributed by atoms with Gasteiger partial charge in [-0.2, -0.15) is 0 Å². The summed E-state index contributed by atoms with van der Waals surface area (Å²) in [6, 6.07) is 3.81. The first-order chi connectivity index (χ1) is 34.6. The highest BCUT2D eigenvalue weighted by Crippen LogP contribution is 2.61. The lowest BCUT2D eigenvalue weighted by molar-refractivity contribution is -0.151. The summed E-state index contributed by atoms with van der Waals surface area (Å²) in [6.07, 6.45) is 18.0. The summed E-state index contributed by atoms with van der Waals surface area (Å²) in [5.41, 5.74) is 0.0762. The standard InChI is InChI=1S/C56H72N2O12S2/c1-7-46(59)65-29-9-11-31-67-51(61)39-21-13-35(14-22-39)37-17-25-41(26-18-37)53(63)69-45-33-43(56(3,4)5)48(50-49(45)71-55(72-50)44(34-57)58-6)70-54(64)42-27-19-38(20-28-42)36-15-23-40(24-16-36)52(62)68-32-12-10-30-66-47(60)8-2/h7-8,33,35-42H,1-2,9-32H2,3-5H3/b55-44-. The highest BCUT2D eigenvalue weighted by molar-refractivity contribution is 8.24. The number of carbonyl (C=O) groups is 6. The van der Waals surface area contributed by atoms with Crippen LogP contribution in [0, 0.1) is 65.2 Å². The van der Waals surface area contributed by atoms with Gasteiger partial charge < -0.3 is 28.4 Å². The number of hydrogen-bond donors (Lipinski definition) is 0. The van der Waals surface area contributed by atoms with E-state index in [4.69, 9.17) is 35.0 Å². The van der Waals surface area contributed by atoms with Crippen molar-refractivity contribution in [3.05, 3.63) is 58.3 Å². The fourth-order valence-electron chi connectivity index (χ4n) is 11.1. The molecule has 0 atom stereocenters. The molecule has 72 heavy (non-hydrogen) atoms. The van der Waals surface area contributed by atoms with E-state index in [9.17, 15) is 34.0 Å². The van der Waals surface area contributed by atoms with Gasteiger partial charge in [-0.15, -0.1) is 0 Å². The van der Waals surface area contributed by atoms with Gasteiger partial charge in [-0.3, -0.25) is 19.2 Å². The van der Waals surface area contributed by atoms with E-state index < -0.39 is 17.4 Å². The fourth-order valence-corrected chi connectivity index (χ4v) is 13.6. The lowest BCUT2D eigenvalue weighted by Gasteiger charge is -2.37. The van der Waals surface area contributed by atoms with Crippen molar-refractivity contribution in [2.24, 2.45) is 47.3 Å². The van der Waals surface area contributed by atoms with Crippen LogP contribution in [0.5, 0.6) is 11.5 Å². The smallest absolute Gasteiger partial charge is 0.330 e. The van der Waals surface area contributed by atoms with Gasteiger partial charge in [-0.25, -0.2) is 19.7 Å². The number of hydrogen-bond acceptors (Lipinski definition) is 15. The summed E-state index contributed by atoms with van der Waals surface area (Å²) in [5, 5.41) is 9.89. The van der Waals surface area contributed by atoms with E-state index in [1.807, 2.05) is 32.9 Å². The molecule has 0 unspecified atom stereocenters. The van der Waals surface area contributed by atoms with Gasteiger partial charge in [-0.05, 0) is 164 Å². The highest BCUT2D eigenvalue weighted by atomic mass is 32.2. The van der Waals surface area contributed by atoms with Crippen LogP contribution >= 0.6 is 23.5 Å². The normalized spacial score (nSPS) is 25.7. The number of benzene rings is 1. The molecule has 16 heteroatoms. The number of ether oxygens (including phenoxy) is 6. The van der Waals surface area contributed by atoms with Crippen molar-refractivity contribution in [1.29, 1.82) is 5.26 Å². The Balaban J connectivity index is 1.01. The summed E-state index contributed by atoms with van der Waals surface area (Å²) in [4.78, 5) is 80.8. The molecule has 14 nitrogen and oxygen atoms in total. The molecule has 4 aliphatic carbocycles. The number of carbonyl (C=O) groups excluding carboxylic acids is 6. The zero-order valence-corrected chi connectivity index (χ0v) is 44.0. The van der Waals surface area contributed by atoms with Gasteiger partial charge in [0.25, 0.3) is 5.70 Å². The molecule has 390 valence electrons. The highest BCUT2D eigenvalue weighted by Gasteiger charge is 2.40. The van der Waals surface area contributed by atoms with Crippen LogP contribution in [0.1, 0.15) is 155 Å². The van der Waals surface area contributed by atoms with Crippen molar-refractivity contribution in [2.75, 3.05) is 26.4 Å². The van der Waals surface area contributed by atoms with Crippen LogP contribution in [0.4, 0.5) is 0 Å². The van der Waals surface area contributed by atoms with Crippen molar-refractivity contribution in [2.45, 2.75) is 164 Å². The van der Waals surface area contributed by atoms with E-state index in [0.717, 1.165) is 89.2 Å². The molecule has 5 aliphatic rings. The molecule has 6 rings (SSSR count). The molecule has 0 amide bonds. The van der Waals surface area contributed by atoms with E-state index >= 15 is 0 Å². The first-order valence-corrected chi connectivity index (χ1v) is 27.7. The van der Waals surface area contributed by atoms with Crippen molar-refractivity contribution < 1.29 is 57.2 Å². The fraction of sp³-hybridized carbons (Fsp3) is 0.643. The predicted octanol–water partition coefficient (Wildman–Crippen LogP) is 11.9. The molecule has 0 radical (unpaired) electrons. The zero-order chi connectivity index (χ0) is 51.8. The van der Waals surface area contributed by atoms with Gasteiger partial charge in [-0.1, -0.05) is 57.5 Å². The van der Waals surface area contributed by atoms with Gasteiger partial charge in [0.1, 0.15) is 11.5 Å². The lowest BCUT2D eigenvalue weighted by atomic mass is 9.69. The van der Waals surface area contributed by atoms with Gasteiger partial charge >= 0.3 is 35.8 Å². The molecule has 0 bridgehead atoms. The Hall–Kier alpha value is -5.06. The summed E-state index contributed by atoms with van der Waals surface area (Å²) in [6.45, 7) is 21.6. The van der Waals surface area contributed by atoms with Crippen molar-refractivity contribution in [3.63, 3.8) is 0 Å². The minimum absolute atomic E-state index is 0.0806. The molecule has 0 aromatic heterocycles. The summed E-state index contributed by atoms with van der Waals surface area (Å²) < 4.78 is 34.2. The van der Waals surface area contributed by atoms with E-state index in [0.29, 0.717) is 119 Å². The van der Waals surface area contributed by atoms with E-state index in [1.165, 1.54) is 23.5 Å². The number of nitriles is 1. The summed E-state index contributed by atoms with van der Waals surface area (Å²) in [7, 11) is 0. The molecule has 1 aromatic carbocycles. The topological polar surface area (TPSA) is 186 Å². The van der Waals surface area contributed by atoms with Crippen molar-refractivity contribution in [3.8, 4) is 17.6 Å². The Morgan fingerprint density at radius 2 is 0.958 bits per heavy atom. The monoisotopic (exact) mass is 1030 g/mol. The van der Waals surface area contributed by atoms with E-state index in [-0.39, 0.29) is 66.5 Å². The Bertz CT molecular complexity index is 2240. The molecule has 1 aliphatic heterocycles. The average molecular weight is 1030 g/mol.